The summed E-state index contributed by atoms with van der Waals surface area (Å²) in [6.45, 7) is -0.302. The second-order valence-electron chi connectivity index (χ2n) is 10.5. The number of rotatable bonds is 8. The van der Waals surface area contributed by atoms with Crippen molar-refractivity contribution in [2.24, 2.45) is 0 Å². The second-order valence-corrected chi connectivity index (χ2v) is 10.5. The predicted octanol–water partition coefficient (Wildman–Crippen LogP) is 0.328. The summed E-state index contributed by atoms with van der Waals surface area (Å²) in [4.78, 5) is 48.2. The number of carbonyl (C=O) groups excluding carboxylic acids is 4. The summed E-state index contributed by atoms with van der Waals surface area (Å²) in [6, 6.07) is 42.6. The molecule has 0 fully saturated rings. The predicted molar refractivity (Wildman–Crippen MR) is 195 cm³/mol. The molecule has 0 bridgehead atoms. The number of nitrogens with zero attached hydrogens (tertiary/aromatic N) is 2. The van der Waals surface area contributed by atoms with E-state index < -0.39 is 23.9 Å². The maximum absolute atomic E-state index is 10.1. The molecule has 16 heteroatoms. The van der Waals surface area contributed by atoms with Gasteiger partial charge in [-0.2, -0.15) is 0 Å². The van der Waals surface area contributed by atoms with E-state index in [0.717, 1.165) is 0 Å². The molecule has 58 heavy (non-hydrogen) atoms. The molecule has 0 unspecified atom stereocenters. The fraction of sp³-hybridized carbons (Fsp3) is 0.0952. The fourth-order valence-corrected chi connectivity index (χ4v) is 3.71. The van der Waals surface area contributed by atoms with Crippen molar-refractivity contribution in [3.63, 3.8) is 0 Å². The average molecular weight is 894 g/mol. The second kappa shape index (κ2) is 33.3. The van der Waals surface area contributed by atoms with Crippen LogP contribution in [0.4, 0.5) is 0 Å². The van der Waals surface area contributed by atoms with Crippen molar-refractivity contribution in [3.8, 4) is 0 Å². The molecule has 0 aliphatic rings. The molecule has 0 atom stereocenters. The molecule has 2 aromatic heterocycles. The summed E-state index contributed by atoms with van der Waals surface area (Å²) in [5, 5.41) is 74.8. The third kappa shape index (κ3) is 24.6. The van der Waals surface area contributed by atoms with Gasteiger partial charge in [0.15, 0.2) is 0 Å². The molecule has 4 aromatic carbocycles. The Labute approximate surface area is 360 Å². The molecule has 2 heterocycles. The first-order valence-corrected chi connectivity index (χ1v) is 16.3. The molecule has 0 saturated heterocycles. The van der Waals surface area contributed by atoms with Crippen molar-refractivity contribution < 1.29 is 99.0 Å². The van der Waals surface area contributed by atoms with E-state index in [1.54, 1.807) is 109 Å². The molecular formula is C42H38N2O12Zn2. The molecule has 6 rings (SSSR count). The van der Waals surface area contributed by atoms with E-state index in [0.29, 0.717) is 22.8 Å². The van der Waals surface area contributed by atoms with Gasteiger partial charge in [0.1, 0.15) is 0 Å². The van der Waals surface area contributed by atoms with Crippen molar-refractivity contribution in [2.75, 3.05) is 0 Å². The van der Waals surface area contributed by atoms with E-state index in [-0.39, 0.29) is 87.6 Å². The molecule has 0 spiro atoms. The minimum atomic E-state index is -1.13. The molecule has 0 saturated carbocycles. The maximum Gasteiger partial charge on any atom is 2.00 e. The van der Waals surface area contributed by atoms with Crippen molar-refractivity contribution >= 4 is 23.9 Å². The van der Waals surface area contributed by atoms with Gasteiger partial charge in [-0.3, -0.25) is 9.97 Å². The number of hydrogen-bond acceptors (Lipinski definition) is 14. The number of aliphatic hydroxyl groups excluding tert-OH is 4. The molecule has 4 N–H and O–H groups in total. The van der Waals surface area contributed by atoms with Gasteiger partial charge in [0.2, 0.25) is 0 Å². The Morgan fingerprint density at radius 1 is 0.328 bits per heavy atom. The van der Waals surface area contributed by atoms with Crippen LogP contribution in [0.15, 0.2) is 158 Å². The van der Waals surface area contributed by atoms with Crippen LogP contribution >= 0.6 is 0 Å². The molecule has 0 aliphatic heterocycles. The standard InChI is InChI=1S/2C7H9NO2.4C7H6O2.2Zn/c2*9-4-6-2-1-3-7(5-10)8-6;4*8-7(9)6-4-2-1-3-5-6;;/h2*1-3,9-10H,4-5H2;4*1-5H,(H,8,9);;/q;;;;;;2*+2/p-4. The number of hydrogen-bond donors (Lipinski definition) is 4. The van der Waals surface area contributed by atoms with Gasteiger partial charge < -0.3 is 60.0 Å². The SMILES string of the molecule is O=C([O-])c1ccccc1.O=C([O-])c1ccccc1.O=C([O-])c1ccccc1.O=C([O-])c1ccccc1.OCc1cccc(CO)n1.OCc1cccc(CO)n1.[Zn+2].[Zn+2]. The summed E-state index contributed by atoms with van der Waals surface area (Å²) in [6.07, 6.45) is 0. The number of aromatic carboxylic acids is 4. The third-order valence-corrected chi connectivity index (χ3v) is 6.41. The number of aliphatic hydroxyl groups is 4. The number of carboxylic acids is 4. The topological polar surface area (TPSA) is 267 Å². The monoisotopic (exact) mass is 890 g/mol. The van der Waals surface area contributed by atoms with Crippen LogP contribution in [-0.4, -0.2) is 54.3 Å². The first-order valence-electron chi connectivity index (χ1n) is 16.3. The van der Waals surface area contributed by atoms with Crippen LogP contribution in [0, 0.1) is 0 Å². The van der Waals surface area contributed by atoms with Crippen LogP contribution < -0.4 is 20.4 Å². The minimum Gasteiger partial charge on any atom is -0.545 e. The normalized spacial score (nSPS) is 8.90. The first-order chi connectivity index (χ1) is 26.9. The van der Waals surface area contributed by atoms with E-state index in [9.17, 15) is 39.6 Å². The minimum absolute atomic E-state index is 0. The van der Waals surface area contributed by atoms with Crippen molar-refractivity contribution in [1.82, 2.24) is 9.97 Å². The Hall–Kier alpha value is -5.85. The quantitative estimate of drug-likeness (QED) is 0.150. The summed E-state index contributed by atoms with van der Waals surface area (Å²) >= 11 is 0. The largest absolute Gasteiger partial charge is 2.00 e. The molecule has 0 radical (unpaired) electrons. The van der Waals surface area contributed by atoms with Gasteiger partial charge in [-0.15, -0.1) is 0 Å². The van der Waals surface area contributed by atoms with Crippen molar-refractivity contribution in [1.29, 1.82) is 0 Å². The van der Waals surface area contributed by atoms with Crippen LogP contribution in [0.3, 0.4) is 0 Å². The first kappa shape index (κ1) is 54.2. The number of pyridine rings is 2. The van der Waals surface area contributed by atoms with Crippen LogP contribution in [0.25, 0.3) is 0 Å². The zero-order chi connectivity index (χ0) is 41.6. The van der Waals surface area contributed by atoms with Gasteiger partial charge in [0.05, 0.1) is 73.1 Å². The Bertz CT molecular complexity index is 1730. The zero-order valence-electron chi connectivity index (χ0n) is 31.2. The number of benzene rings is 4. The van der Waals surface area contributed by atoms with E-state index in [1.807, 2.05) is 0 Å². The Morgan fingerprint density at radius 2 is 0.500 bits per heavy atom. The molecule has 0 aliphatic carbocycles. The van der Waals surface area contributed by atoms with E-state index in [1.165, 1.54) is 48.5 Å². The van der Waals surface area contributed by atoms with Gasteiger partial charge in [-0.25, -0.2) is 0 Å². The zero-order valence-corrected chi connectivity index (χ0v) is 37.1. The molecule has 292 valence electrons. The number of carboxylic acid groups (broad SMARTS) is 4. The van der Waals surface area contributed by atoms with Crippen LogP contribution in [-0.2, 0) is 65.4 Å². The summed E-state index contributed by atoms with van der Waals surface area (Å²) in [5.41, 5.74) is 3.24. The van der Waals surface area contributed by atoms with Gasteiger partial charge in [-0.05, 0) is 46.5 Å². The number of carbonyl (C=O) groups is 4. The van der Waals surface area contributed by atoms with E-state index in [4.69, 9.17) is 20.4 Å². The van der Waals surface area contributed by atoms with Gasteiger partial charge in [-0.1, -0.05) is 133 Å². The van der Waals surface area contributed by atoms with Gasteiger partial charge in [0.25, 0.3) is 0 Å². The van der Waals surface area contributed by atoms with Crippen LogP contribution in [0.5, 0.6) is 0 Å². The average Bonchev–Trinajstić information content (AvgIpc) is 3.26. The fourth-order valence-electron chi connectivity index (χ4n) is 3.71. The Balaban J connectivity index is 0. The van der Waals surface area contributed by atoms with E-state index >= 15 is 0 Å². The molecule has 0 amide bonds. The number of aromatic nitrogens is 2. The maximum atomic E-state index is 10.1. The Kier molecular flexibility index (Phi) is 31.1. The smallest absolute Gasteiger partial charge is 0.545 e. The molecule has 6 aromatic rings. The molecule has 14 nitrogen and oxygen atoms in total. The Morgan fingerprint density at radius 3 is 0.621 bits per heavy atom. The van der Waals surface area contributed by atoms with Crippen LogP contribution in [0.1, 0.15) is 64.2 Å². The van der Waals surface area contributed by atoms with Crippen molar-refractivity contribution in [3.05, 3.63) is 203 Å². The van der Waals surface area contributed by atoms with Gasteiger partial charge in [0, 0.05) is 0 Å². The van der Waals surface area contributed by atoms with Crippen molar-refractivity contribution in [2.45, 2.75) is 26.4 Å². The summed E-state index contributed by atoms with van der Waals surface area (Å²) in [5.74, 6) is -4.52. The van der Waals surface area contributed by atoms with Gasteiger partial charge >= 0.3 is 39.0 Å². The summed E-state index contributed by atoms with van der Waals surface area (Å²) in [7, 11) is 0. The third-order valence-electron chi connectivity index (χ3n) is 6.41. The van der Waals surface area contributed by atoms with Crippen LogP contribution in [0.2, 0.25) is 0 Å². The van der Waals surface area contributed by atoms with E-state index in [2.05, 4.69) is 9.97 Å². The summed E-state index contributed by atoms with van der Waals surface area (Å²) < 4.78 is 0. The molecular weight excluding hydrogens is 855 g/mol.